The van der Waals surface area contributed by atoms with Crippen molar-refractivity contribution in [2.24, 2.45) is 0 Å². The number of nitriles is 1. The highest BCUT2D eigenvalue weighted by atomic mass is 35.5. The topological polar surface area (TPSA) is 23.8 Å². The standard InChI is InChI=1S/C14H8ClNS2/c15-11-3-1-9(2-4-11)13-14-12(5-6-17-14)10(7-16)8-18-13/h1-6H,8H2. The predicted molar refractivity (Wildman–Crippen MR) is 79.0 cm³/mol. The van der Waals surface area contributed by atoms with Crippen molar-refractivity contribution >= 4 is 45.2 Å². The summed E-state index contributed by atoms with van der Waals surface area (Å²) in [5.41, 5.74) is 2.04. The molecule has 1 aromatic heterocycles. The molecule has 0 aliphatic carbocycles. The molecule has 0 unspecified atom stereocenters. The van der Waals surface area contributed by atoms with Gasteiger partial charge in [-0.3, -0.25) is 0 Å². The van der Waals surface area contributed by atoms with E-state index in [0.29, 0.717) is 0 Å². The third-order valence-corrected chi connectivity index (χ3v) is 5.27. The smallest absolute Gasteiger partial charge is 0.0962 e. The van der Waals surface area contributed by atoms with Crippen LogP contribution in [-0.4, -0.2) is 5.75 Å². The quantitative estimate of drug-likeness (QED) is 0.806. The highest BCUT2D eigenvalue weighted by Gasteiger charge is 2.13. The van der Waals surface area contributed by atoms with E-state index >= 15 is 0 Å². The van der Waals surface area contributed by atoms with Gasteiger partial charge in [0.1, 0.15) is 0 Å². The van der Waals surface area contributed by atoms with Crippen LogP contribution in [0.2, 0.25) is 5.02 Å². The number of rotatable bonds is 1. The minimum atomic E-state index is 0.746. The Hall–Kier alpha value is -1.21. The Kier molecular flexibility index (Phi) is 3.17. The Morgan fingerprint density at radius 2 is 1.94 bits per heavy atom. The molecule has 4 heteroatoms. The molecule has 2 aromatic rings. The van der Waals surface area contributed by atoms with Gasteiger partial charge in [0.15, 0.2) is 0 Å². The first-order chi connectivity index (χ1) is 8.79. The van der Waals surface area contributed by atoms with Crippen molar-refractivity contribution in [2.75, 3.05) is 5.75 Å². The zero-order valence-electron chi connectivity index (χ0n) is 9.31. The van der Waals surface area contributed by atoms with Gasteiger partial charge in [0.05, 0.1) is 6.07 Å². The van der Waals surface area contributed by atoms with Gasteiger partial charge >= 0.3 is 0 Å². The van der Waals surface area contributed by atoms with Crippen molar-refractivity contribution in [3.8, 4) is 6.07 Å². The minimum Gasteiger partial charge on any atom is -0.193 e. The van der Waals surface area contributed by atoms with Crippen LogP contribution >= 0.6 is 34.7 Å². The molecule has 18 heavy (non-hydrogen) atoms. The number of hydrogen-bond donors (Lipinski definition) is 0. The van der Waals surface area contributed by atoms with Crippen molar-refractivity contribution in [3.63, 3.8) is 0 Å². The van der Waals surface area contributed by atoms with Crippen LogP contribution in [0.4, 0.5) is 0 Å². The molecule has 0 bridgehead atoms. The van der Waals surface area contributed by atoms with Gasteiger partial charge in [-0.2, -0.15) is 5.26 Å². The first-order valence-corrected chi connectivity index (χ1v) is 7.64. The second-order valence-corrected chi connectivity index (χ2v) is 6.22. The zero-order chi connectivity index (χ0) is 12.5. The Bertz CT molecular complexity index is 750. The van der Waals surface area contributed by atoms with Crippen LogP contribution < -0.4 is 9.75 Å². The molecule has 1 aromatic carbocycles. The van der Waals surface area contributed by atoms with Crippen LogP contribution in [0.3, 0.4) is 0 Å². The Morgan fingerprint density at radius 3 is 2.67 bits per heavy atom. The fraction of sp³-hybridized carbons (Fsp3) is 0.0714. The van der Waals surface area contributed by atoms with Gasteiger partial charge in [0.2, 0.25) is 0 Å². The molecule has 1 nitrogen and oxygen atoms in total. The average Bonchev–Trinajstić information content (AvgIpc) is 2.88. The zero-order valence-corrected chi connectivity index (χ0v) is 11.7. The van der Waals surface area contributed by atoms with Crippen LogP contribution in [0, 0.1) is 11.3 Å². The van der Waals surface area contributed by atoms with Crippen molar-refractivity contribution < 1.29 is 0 Å². The van der Waals surface area contributed by atoms with E-state index in [2.05, 4.69) is 6.07 Å². The molecule has 0 radical (unpaired) electrons. The number of halogens is 1. The molecule has 2 heterocycles. The van der Waals surface area contributed by atoms with Crippen molar-refractivity contribution in [3.05, 3.63) is 56.0 Å². The molecule has 1 aliphatic heterocycles. The number of benzene rings is 1. The number of hydrogen-bond acceptors (Lipinski definition) is 3. The summed E-state index contributed by atoms with van der Waals surface area (Å²) in [5, 5.41) is 13.0. The Balaban J connectivity index is 2.31. The third kappa shape index (κ3) is 1.97. The Morgan fingerprint density at radius 1 is 1.17 bits per heavy atom. The molecule has 0 N–H and O–H groups in total. The van der Waals surface area contributed by atoms with Crippen LogP contribution in [0.1, 0.15) is 5.56 Å². The van der Waals surface area contributed by atoms with Gasteiger partial charge in [0, 0.05) is 31.0 Å². The summed E-state index contributed by atoms with van der Waals surface area (Å²) in [6, 6.07) is 12.2. The molecular weight excluding hydrogens is 282 g/mol. The van der Waals surface area contributed by atoms with Crippen LogP contribution in [-0.2, 0) is 0 Å². The van der Waals surface area contributed by atoms with E-state index in [1.54, 1.807) is 23.1 Å². The van der Waals surface area contributed by atoms with Gasteiger partial charge in [-0.15, -0.1) is 23.1 Å². The normalized spacial score (nSPS) is 14.2. The number of thioether (sulfide) groups is 1. The maximum absolute atomic E-state index is 9.13. The van der Waals surface area contributed by atoms with E-state index in [9.17, 15) is 0 Å². The van der Waals surface area contributed by atoms with Crippen molar-refractivity contribution in [1.29, 1.82) is 5.26 Å². The molecule has 0 spiro atoms. The first-order valence-electron chi connectivity index (χ1n) is 5.39. The van der Waals surface area contributed by atoms with E-state index in [-0.39, 0.29) is 0 Å². The molecule has 1 aliphatic rings. The second kappa shape index (κ2) is 4.81. The highest BCUT2D eigenvalue weighted by molar-refractivity contribution is 8.08. The van der Waals surface area contributed by atoms with Crippen LogP contribution in [0.25, 0.3) is 10.5 Å². The van der Waals surface area contributed by atoms with Gasteiger partial charge in [-0.25, -0.2) is 0 Å². The summed E-state index contributed by atoms with van der Waals surface area (Å²) < 4.78 is 1.20. The maximum atomic E-state index is 9.13. The molecule has 88 valence electrons. The number of thiophene rings is 1. The van der Waals surface area contributed by atoms with E-state index in [1.807, 2.05) is 35.7 Å². The summed E-state index contributed by atoms with van der Waals surface area (Å²) in [6.07, 6.45) is 0. The molecule has 0 saturated carbocycles. The van der Waals surface area contributed by atoms with Crippen LogP contribution in [0.5, 0.6) is 0 Å². The SMILES string of the molecule is N#CC1=c2ccsc2=C(c2ccc(Cl)cc2)SC1. The van der Waals surface area contributed by atoms with E-state index in [1.165, 1.54) is 15.0 Å². The summed E-state index contributed by atoms with van der Waals surface area (Å²) in [7, 11) is 0. The van der Waals surface area contributed by atoms with Crippen LogP contribution in [0.15, 0.2) is 35.7 Å². The van der Waals surface area contributed by atoms with Crippen molar-refractivity contribution in [2.45, 2.75) is 0 Å². The number of fused-ring (bicyclic) bond motifs is 1. The monoisotopic (exact) mass is 289 g/mol. The molecule has 0 fully saturated rings. The average molecular weight is 290 g/mol. The Labute approximate surface area is 118 Å². The lowest BCUT2D eigenvalue weighted by Crippen LogP contribution is -2.27. The van der Waals surface area contributed by atoms with E-state index in [0.717, 1.165) is 21.6 Å². The lowest BCUT2D eigenvalue weighted by Gasteiger charge is -2.10. The molecule has 0 saturated heterocycles. The largest absolute Gasteiger partial charge is 0.193 e. The van der Waals surface area contributed by atoms with Gasteiger partial charge < -0.3 is 0 Å². The summed E-state index contributed by atoms with van der Waals surface area (Å²) in [4.78, 5) is 1.25. The van der Waals surface area contributed by atoms with E-state index < -0.39 is 0 Å². The fourth-order valence-corrected chi connectivity index (χ4v) is 4.30. The van der Waals surface area contributed by atoms with Gasteiger partial charge in [0.25, 0.3) is 0 Å². The molecule has 0 amide bonds. The summed E-state index contributed by atoms with van der Waals surface area (Å²) in [6.45, 7) is 0. The first kappa shape index (κ1) is 11.9. The number of nitrogens with zero attached hydrogens (tertiary/aromatic N) is 1. The van der Waals surface area contributed by atoms with Gasteiger partial charge in [-0.05, 0) is 29.1 Å². The van der Waals surface area contributed by atoms with E-state index in [4.69, 9.17) is 16.9 Å². The summed E-state index contributed by atoms with van der Waals surface area (Å²) in [5.74, 6) is 0.748. The molecule has 0 atom stereocenters. The fourth-order valence-electron chi connectivity index (χ4n) is 1.92. The minimum absolute atomic E-state index is 0.746. The third-order valence-electron chi connectivity index (χ3n) is 2.80. The van der Waals surface area contributed by atoms with Gasteiger partial charge in [-0.1, -0.05) is 23.7 Å². The van der Waals surface area contributed by atoms with Crippen molar-refractivity contribution in [1.82, 2.24) is 0 Å². The molecular formula is C14H8ClNS2. The maximum Gasteiger partial charge on any atom is 0.0962 e. The molecule has 3 rings (SSSR count). The highest BCUT2D eigenvalue weighted by Crippen LogP contribution is 2.29. The summed E-state index contributed by atoms with van der Waals surface area (Å²) >= 11 is 9.33. The second-order valence-electron chi connectivity index (χ2n) is 3.88. The lowest BCUT2D eigenvalue weighted by molar-refractivity contribution is 1.49. The predicted octanol–water partition coefficient (Wildman–Crippen LogP) is 2.98. The lowest BCUT2D eigenvalue weighted by atomic mass is 10.2.